The van der Waals surface area contributed by atoms with E-state index >= 15 is 0 Å². The molecule has 130 valence electrons. The van der Waals surface area contributed by atoms with Crippen LogP contribution >= 0.6 is 0 Å². The number of pyridine rings is 1. The zero-order valence-electron chi connectivity index (χ0n) is 14.2. The number of aromatic nitrogens is 1. The third-order valence-electron chi connectivity index (χ3n) is 4.56. The van der Waals surface area contributed by atoms with Gasteiger partial charge in [0.25, 0.3) is 5.91 Å². The Morgan fingerprint density at radius 1 is 1.20 bits per heavy atom. The van der Waals surface area contributed by atoms with Crippen molar-refractivity contribution in [3.05, 3.63) is 59.9 Å². The number of benzene rings is 1. The number of nitrogens with zero attached hydrogens (tertiary/aromatic N) is 2. The number of nitrogens with one attached hydrogen (secondary N) is 1. The molecular weight excluding hydrogens is 316 g/mol. The number of carbonyl (C=O) groups excluding carboxylic acids is 2. The number of carbonyl (C=O) groups is 2. The van der Waals surface area contributed by atoms with Crippen LogP contribution in [-0.4, -0.2) is 34.8 Å². The fourth-order valence-corrected chi connectivity index (χ4v) is 3.23. The SMILES string of the molecule is C[C@@H]1CN(Cc2ccccc2)C[C@H]1C(=O)Nc1ccc(C(N)=O)nc1. The van der Waals surface area contributed by atoms with Crippen LogP contribution in [0.25, 0.3) is 0 Å². The highest BCUT2D eigenvalue weighted by Crippen LogP contribution is 2.25. The second kappa shape index (κ2) is 7.44. The van der Waals surface area contributed by atoms with Gasteiger partial charge in [-0.1, -0.05) is 37.3 Å². The van der Waals surface area contributed by atoms with Gasteiger partial charge >= 0.3 is 0 Å². The van der Waals surface area contributed by atoms with Crippen molar-refractivity contribution in [1.82, 2.24) is 9.88 Å². The van der Waals surface area contributed by atoms with Crippen molar-refractivity contribution < 1.29 is 9.59 Å². The van der Waals surface area contributed by atoms with E-state index in [-0.39, 0.29) is 23.4 Å². The molecule has 1 aliphatic rings. The Labute approximate surface area is 147 Å². The lowest BCUT2D eigenvalue weighted by atomic mass is 9.97. The molecule has 3 N–H and O–H groups in total. The number of amides is 2. The maximum absolute atomic E-state index is 12.6. The lowest BCUT2D eigenvalue weighted by molar-refractivity contribution is -0.120. The molecule has 1 fully saturated rings. The standard InChI is InChI=1S/C19H22N4O2/c1-13-10-23(11-14-5-3-2-4-6-14)12-16(13)19(25)22-15-7-8-17(18(20)24)21-9-15/h2-9,13,16H,10-12H2,1H3,(H2,20,24)(H,22,25)/t13-,16-/m1/s1. The highest BCUT2D eigenvalue weighted by atomic mass is 16.2. The van der Waals surface area contributed by atoms with E-state index in [4.69, 9.17) is 5.73 Å². The first-order chi connectivity index (χ1) is 12.0. The third kappa shape index (κ3) is 4.22. The van der Waals surface area contributed by atoms with Gasteiger partial charge in [-0.05, 0) is 23.6 Å². The summed E-state index contributed by atoms with van der Waals surface area (Å²) in [6.45, 7) is 4.58. The topological polar surface area (TPSA) is 88.3 Å². The maximum atomic E-state index is 12.6. The zero-order valence-corrected chi connectivity index (χ0v) is 14.2. The summed E-state index contributed by atoms with van der Waals surface area (Å²) in [7, 11) is 0. The first-order valence-corrected chi connectivity index (χ1v) is 8.36. The molecule has 1 saturated heterocycles. The van der Waals surface area contributed by atoms with E-state index in [0.717, 1.165) is 19.6 Å². The Bertz CT molecular complexity index is 746. The summed E-state index contributed by atoms with van der Waals surface area (Å²) in [6.07, 6.45) is 1.46. The molecule has 6 nitrogen and oxygen atoms in total. The molecule has 0 aliphatic carbocycles. The van der Waals surface area contributed by atoms with Gasteiger partial charge in [0.05, 0.1) is 17.8 Å². The molecule has 0 unspecified atom stereocenters. The van der Waals surface area contributed by atoms with Crippen molar-refractivity contribution in [3.8, 4) is 0 Å². The molecule has 3 rings (SSSR count). The minimum atomic E-state index is -0.584. The van der Waals surface area contributed by atoms with Gasteiger partial charge in [0, 0.05) is 19.6 Å². The molecule has 0 saturated carbocycles. The highest BCUT2D eigenvalue weighted by Gasteiger charge is 2.34. The number of anilines is 1. The normalized spacial score (nSPS) is 20.4. The summed E-state index contributed by atoms with van der Waals surface area (Å²) < 4.78 is 0. The molecule has 6 heteroatoms. The summed E-state index contributed by atoms with van der Waals surface area (Å²) in [6, 6.07) is 13.4. The molecule has 0 radical (unpaired) electrons. The van der Waals surface area contributed by atoms with Gasteiger partial charge in [0.2, 0.25) is 5.91 Å². The number of likely N-dealkylation sites (tertiary alicyclic amines) is 1. The quantitative estimate of drug-likeness (QED) is 0.871. The lowest BCUT2D eigenvalue weighted by Gasteiger charge is -2.16. The van der Waals surface area contributed by atoms with Crippen molar-refractivity contribution in [2.45, 2.75) is 13.5 Å². The summed E-state index contributed by atoms with van der Waals surface area (Å²) in [5.41, 5.74) is 7.17. The van der Waals surface area contributed by atoms with E-state index in [1.807, 2.05) is 18.2 Å². The molecule has 25 heavy (non-hydrogen) atoms. The van der Waals surface area contributed by atoms with Crippen molar-refractivity contribution in [1.29, 1.82) is 0 Å². The van der Waals surface area contributed by atoms with Gasteiger partial charge in [-0.2, -0.15) is 0 Å². The van der Waals surface area contributed by atoms with E-state index in [0.29, 0.717) is 5.69 Å². The van der Waals surface area contributed by atoms with E-state index in [1.54, 1.807) is 6.07 Å². The Kier molecular flexibility index (Phi) is 5.09. The second-order valence-corrected chi connectivity index (χ2v) is 6.55. The molecule has 2 aromatic rings. The molecule has 0 spiro atoms. The van der Waals surface area contributed by atoms with Crippen molar-refractivity contribution >= 4 is 17.5 Å². The number of hydrogen-bond acceptors (Lipinski definition) is 4. The molecule has 1 aromatic heterocycles. The predicted octanol–water partition coefficient (Wildman–Crippen LogP) is 1.89. The zero-order chi connectivity index (χ0) is 17.8. The highest BCUT2D eigenvalue weighted by molar-refractivity contribution is 5.94. The molecule has 2 amide bonds. The summed E-state index contributed by atoms with van der Waals surface area (Å²) in [5, 5.41) is 2.88. The summed E-state index contributed by atoms with van der Waals surface area (Å²) in [4.78, 5) is 29.9. The number of rotatable bonds is 5. The van der Waals surface area contributed by atoms with Gasteiger partial charge in [-0.3, -0.25) is 14.5 Å². The average molecular weight is 338 g/mol. The van der Waals surface area contributed by atoms with Crippen LogP contribution in [0.2, 0.25) is 0 Å². The van der Waals surface area contributed by atoms with Gasteiger partial charge in [0.1, 0.15) is 5.69 Å². The first kappa shape index (κ1) is 17.1. The lowest BCUT2D eigenvalue weighted by Crippen LogP contribution is -2.28. The molecule has 2 atom stereocenters. The van der Waals surface area contributed by atoms with Gasteiger partial charge in [0.15, 0.2) is 0 Å². The maximum Gasteiger partial charge on any atom is 0.267 e. The second-order valence-electron chi connectivity index (χ2n) is 6.55. The minimum absolute atomic E-state index is 0.0170. The molecular formula is C19H22N4O2. The Balaban J connectivity index is 1.59. The van der Waals surface area contributed by atoms with Crippen molar-refractivity contribution in [2.75, 3.05) is 18.4 Å². The number of nitrogens with two attached hydrogens (primary N) is 1. The van der Waals surface area contributed by atoms with Gasteiger partial charge in [-0.15, -0.1) is 0 Å². The Morgan fingerprint density at radius 3 is 2.60 bits per heavy atom. The Hall–Kier alpha value is -2.73. The molecule has 0 bridgehead atoms. The third-order valence-corrected chi connectivity index (χ3v) is 4.56. The minimum Gasteiger partial charge on any atom is -0.364 e. The van der Waals surface area contributed by atoms with Gasteiger partial charge in [-0.25, -0.2) is 4.98 Å². The van der Waals surface area contributed by atoms with Gasteiger partial charge < -0.3 is 11.1 Å². The van der Waals surface area contributed by atoms with E-state index in [1.165, 1.54) is 17.8 Å². The van der Waals surface area contributed by atoms with Crippen LogP contribution in [0.1, 0.15) is 23.0 Å². The molecule has 1 aliphatic heterocycles. The first-order valence-electron chi connectivity index (χ1n) is 8.36. The fourth-order valence-electron chi connectivity index (χ4n) is 3.23. The number of primary amides is 1. The van der Waals surface area contributed by atoms with Crippen molar-refractivity contribution in [2.24, 2.45) is 17.6 Å². The van der Waals surface area contributed by atoms with Crippen LogP contribution in [-0.2, 0) is 11.3 Å². The predicted molar refractivity (Wildman–Crippen MR) is 95.8 cm³/mol. The van der Waals surface area contributed by atoms with Crippen LogP contribution in [0.4, 0.5) is 5.69 Å². The monoisotopic (exact) mass is 338 g/mol. The van der Waals surface area contributed by atoms with Crippen LogP contribution in [0.3, 0.4) is 0 Å². The van der Waals surface area contributed by atoms with Crippen LogP contribution in [0, 0.1) is 11.8 Å². The molecule has 1 aromatic carbocycles. The fraction of sp³-hybridized carbons (Fsp3) is 0.316. The Morgan fingerprint density at radius 2 is 1.96 bits per heavy atom. The van der Waals surface area contributed by atoms with Crippen LogP contribution < -0.4 is 11.1 Å². The number of hydrogen-bond donors (Lipinski definition) is 2. The molecule has 2 heterocycles. The summed E-state index contributed by atoms with van der Waals surface area (Å²) in [5.74, 6) is -0.392. The van der Waals surface area contributed by atoms with E-state index in [9.17, 15) is 9.59 Å². The van der Waals surface area contributed by atoms with Crippen LogP contribution in [0.5, 0.6) is 0 Å². The van der Waals surface area contributed by atoms with E-state index < -0.39 is 5.91 Å². The summed E-state index contributed by atoms with van der Waals surface area (Å²) >= 11 is 0. The van der Waals surface area contributed by atoms with Crippen molar-refractivity contribution in [3.63, 3.8) is 0 Å². The van der Waals surface area contributed by atoms with Crippen LogP contribution in [0.15, 0.2) is 48.7 Å². The largest absolute Gasteiger partial charge is 0.364 e. The average Bonchev–Trinajstić information content (AvgIpc) is 2.96. The van der Waals surface area contributed by atoms with E-state index in [2.05, 4.69) is 34.3 Å². The smallest absolute Gasteiger partial charge is 0.267 e.